The summed E-state index contributed by atoms with van der Waals surface area (Å²) < 4.78 is 11.2. The molecular formula is C20H21N3O3. The Morgan fingerprint density at radius 1 is 1.23 bits per heavy atom. The quantitative estimate of drug-likeness (QED) is 0.711. The van der Waals surface area contributed by atoms with Crippen molar-refractivity contribution in [3.63, 3.8) is 0 Å². The van der Waals surface area contributed by atoms with E-state index in [1.165, 1.54) is 0 Å². The molecule has 0 aliphatic carbocycles. The zero-order valence-electron chi connectivity index (χ0n) is 14.4. The minimum absolute atomic E-state index is 0.0629. The molecule has 6 heteroatoms. The Hall–Kier alpha value is -2.70. The summed E-state index contributed by atoms with van der Waals surface area (Å²) in [5.41, 5.74) is 2.71. The Morgan fingerprint density at radius 3 is 3.00 bits per heavy atom. The second kappa shape index (κ2) is 7.68. The van der Waals surface area contributed by atoms with Crippen LogP contribution in [0.2, 0.25) is 0 Å². The normalized spacial score (nSPS) is 16.7. The van der Waals surface area contributed by atoms with Gasteiger partial charge in [0.2, 0.25) is 5.88 Å². The van der Waals surface area contributed by atoms with E-state index in [2.05, 4.69) is 15.3 Å². The number of aromatic nitrogens is 2. The first-order valence-electron chi connectivity index (χ1n) is 8.74. The van der Waals surface area contributed by atoms with Crippen molar-refractivity contribution in [1.82, 2.24) is 9.97 Å². The first-order valence-corrected chi connectivity index (χ1v) is 8.74. The number of nitrogens with zero attached hydrogens (tertiary/aromatic N) is 2. The minimum Gasteiger partial charge on any atom is -0.472 e. The summed E-state index contributed by atoms with van der Waals surface area (Å²) in [6.07, 6.45) is 2.71. The summed E-state index contributed by atoms with van der Waals surface area (Å²) in [4.78, 5) is 8.90. The van der Waals surface area contributed by atoms with E-state index in [0.29, 0.717) is 24.8 Å². The van der Waals surface area contributed by atoms with Gasteiger partial charge in [-0.15, -0.1) is 0 Å². The van der Waals surface area contributed by atoms with E-state index in [1.54, 1.807) is 6.20 Å². The number of aliphatic hydroxyl groups is 1. The Labute approximate surface area is 151 Å². The van der Waals surface area contributed by atoms with Gasteiger partial charge in [-0.05, 0) is 23.8 Å². The summed E-state index contributed by atoms with van der Waals surface area (Å²) in [6, 6.07) is 13.7. The van der Waals surface area contributed by atoms with Crippen molar-refractivity contribution < 1.29 is 14.6 Å². The van der Waals surface area contributed by atoms with Gasteiger partial charge in [-0.2, -0.15) is 0 Å². The van der Waals surface area contributed by atoms with Gasteiger partial charge < -0.3 is 19.9 Å². The summed E-state index contributed by atoms with van der Waals surface area (Å²) in [6.45, 7) is 1.86. The smallest absolute Gasteiger partial charge is 0.213 e. The van der Waals surface area contributed by atoms with E-state index in [9.17, 15) is 5.11 Å². The van der Waals surface area contributed by atoms with Crippen molar-refractivity contribution in [1.29, 1.82) is 0 Å². The number of hydrogen-bond donors (Lipinski definition) is 2. The molecular weight excluding hydrogens is 330 g/mol. The Morgan fingerprint density at radius 2 is 2.15 bits per heavy atom. The van der Waals surface area contributed by atoms with Crippen molar-refractivity contribution in [3.05, 3.63) is 59.8 Å². The van der Waals surface area contributed by atoms with Gasteiger partial charge in [-0.3, -0.25) is 0 Å². The third kappa shape index (κ3) is 3.76. The number of rotatable bonds is 6. The zero-order valence-corrected chi connectivity index (χ0v) is 14.4. The number of hydrogen-bond acceptors (Lipinski definition) is 6. The van der Waals surface area contributed by atoms with Crippen LogP contribution in [0.1, 0.15) is 17.5 Å². The maximum atomic E-state index is 9.66. The van der Waals surface area contributed by atoms with Crippen LogP contribution < -0.4 is 10.1 Å². The van der Waals surface area contributed by atoms with E-state index in [4.69, 9.17) is 9.47 Å². The largest absolute Gasteiger partial charge is 0.472 e. The van der Waals surface area contributed by atoms with Crippen LogP contribution in [0, 0.1) is 0 Å². The molecule has 6 nitrogen and oxygen atoms in total. The average Bonchev–Trinajstić information content (AvgIpc) is 3.19. The summed E-state index contributed by atoms with van der Waals surface area (Å²) in [5.74, 6) is 1.29. The second-order valence-electron chi connectivity index (χ2n) is 6.31. The number of para-hydroxylation sites is 1. The van der Waals surface area contributed by atoms with Crippen LogP contribution in [0.15, 0.2) is 48.7 Å². The molecule has 0 amide bonds. The number of pyridine rings is 2. The highest BCUT2D eigenvalue weighted by molar-refractivity contribution is 5.81. The first kappa shape index (κ1) is 16.8. The molecule has 1 saturated heterocycles. The number of anilines is 1. The molecule has 2 aromatic heterocycles. The molecule has 1 unspecified atom stereocenters. The lowest BCUT2D eigenvalue weighted by atomic mass is 10.1. The molecule has 3 heterocycles. The van der Waals surface area contributed by atoms with Crippen LogP contribution in [0.5, 0.6) is 5.88 Å². The molecule has 0 saturated carbocycles. The highest BCUT2D eigenvalue weighted by Gasteiger charge is 2.17. The Balaban J connectivity index is 1.49. The molecule has 3 aromatic rings. The summed E-state index contributed by atoms with van der Waals surface area (Å²) in [5, 5.41) is 14.0. The molecule has 1 aromatic carbocycles. The standard InChI is InChI=1S/C20H21N3O3/c24-12-16-10-15-3-1-2-4-18(15)23-20(16)22-11-14-5-7-21-19(9-14)26-17-6-8-25-13-17/h1-5,7,9-10,17,24H,6,8,11-13H2,(H,22,23). The van der Waals surface area contributed by atoms with Gasteiger partial charge in [0.1, 0.15) is 11.9 Å². The van der Waals surface area contributed by atoms with Gasteiger partial charge in [-0.1, -0.05) is 18.2 Å². The lowest BCUT2D eigenvalue weighted by Gasteiger charge is -2.13. The third-order valence-electron chi connectivity index (χ3n) is 4.41. The van der Waals surface area contributed by atoms with Crippen molar-refractivity contribution >= 4 is 16.7 Å². The predicted molar refractivity (Wildman–Crippen MR) is 99.1 cm³/mol. The molecule has 4 rings (SSSR count). The van der Waals surface area contributed by atoms with Crippen molar-refractivity contribution in [3.8, 4) is 5.88 Å². The van der Waals surface area contributed by atoms with E-state index < -0.39 is 0 Å². The van der Waals surface area contributed by atoms with E-state index >= 15 is 0 Å². The van der Waals surface area contributed by atoms with Crippen LogP contribution in [-0.4, -0.2) is 34.4 Å². The fraction of sp³-hybridized carbons (Fsp3) is 0.300. The van der Waals surface area contributed by atoms with E-state index in [-0.39, 0.29) is 12.7 Å². The van der Waals surface area contributed by atoms with Crippen LogP contribution in [0.4, 0.5) is 5.82 Å². The lowest BCUT2D eigenvalue weighted by molar-refractivity contribution is 0.138. The molecule has 0 radical (unpaired) electrons. The third-order valence-corrected chi connectivity index (χ3v) is 4.41. The molecule has 1 fully saturated rings. The summed E-state index contributed by atoms with van der Waals surface area (Å²) in [7, 11) is 0. The van der Waals surface area contributed by atoms with E-state index in [1.807, 2.05) is 42.5 Å². The fourth-order valence-corrected chi connectivity index (χ4v) is 3.02. The lowest BCUT2D eigenvalue weighted by Crippen LogP contribution is -2.16. The molecule has 2 N–H and O–H groups in total. The van der Waals surface area contributed by atoms with Gasteiger partial charge in [0.05, 0.1) is 25.3 Å². The van der Waals surface area contributed by atoms with Gasteiger partial charge in [0, 0.05) is 36.2 Å². The van der Waals surface area contributed by atoms with E-state index in [0.717, 1.165) is 35.1 Å². The van der Waals surface area contributed by atoms with Gasteiger partial charge >= 0.3 is 0 Å². The molecule has 1 aliphatic rings. The first-order chi connectivity index (χ1) is 12.8. The van der Waals surface area contributed by atoms with Crippen LogP contribution >= 0.6 is 0 Å². The molecule has 1 atom stereocenters. The molecule has 0 bridgehead atoms. The molecule has 1 aliphatic heterocycles. The molecule has 134 valence electrons. The summed E-state index contributed by atoms with van der Waals surface area (Å²) >= 11 is 0. The predicted octanol–water partition coefficient (Wildman–Crippen LogP) is 2.90. The second-order valence-corrected chi connectivity index (χ2v) is 6.31. The van der Waals surface area contributed by atoms with Gasteiger partial charge in [0.15, 0.2) is 0 Å². The number of ether oxygens (including phenoxy) is 2. The monoisotopic (exact) mass is 351 g/mol. The zero-order chi connectivity index (χ0) is 17.8. The number of aliphatic hydroxyl groups excluding tert-OH is 1. The number of fused-ring (bicyclic) bond motifs is 1. The van der Waals surface area contributed by atoms with Crippen molar-refractivity contribution in [2.75, 3.05) is 18.5 Å². The van der Waals surface area contributed by atoms with Gasteiger partial charge in [0.25, 0.3) is 0 Å². The van der Waals surface area contributed by atoms with Crippen LogP contribution in [-0.2, 0) is 17.9 Å². The van der Waals surface area contributed by atoms with Crippen LogP contribution in [0.3, 0.4) is 0 Å². The number of nitrogens with one attached hydrogen (secondary N) is 1. The number of benzene rings is 1. The van der Waals surface area contributed by atoms with Crippen molar-refractivity contribution in [2.45, 2.75) is 25.7 Å². The van der Waals surface area contributed by atoms with Crippen molar-refractivity contribution in [2.24, 2.45) is 0 Å². The maximum absolute atomic E-state index is 9.66. The molecule has 0 spiro atoms. The van der Waals surface area contributed by atoms with Gasteiger partial charge in [-0.25, -0.2) is 9.97 Å². The SMILES string of the molecule is OCc1cc2ccccc2nc1NCc1ccnc(OC2CCOC2)c1. The Kier molecular flexibility index (Phi) is 4.95. The minimum atomic E-state index is -0.0629. The van der Waals surface area contributed by atoms with Crippen LogP contribution in [0.25, 0.3) is 10.9 Å². The fourth-order valence-electron chi connectivity index (χ4n) is 3.02. The molecule has 26 heavy (non-hydrogen) atoms. The average molecular weight is 351 g/mol. The highest BCUT2D eigenvalue weighted by Crippen LogP contribution is 2.22. The Bertz CT molecular complexity index is 894. The maximum Gasteiger partial charge on any atom is 0.213 e. The highest BCUT2D eigenvalue weighted by atomic mass is 16.5. The topological polar surface area (TPSA) is 76.5 Å².